The van der Waals surface area contributed by atoms with Crippen molar-refractivity contribution in [1.29, 1.82) is 0 Å². The molecule has 2 aliphatic heterocycles. The van der Waals surface area contributed by atoms with E-state index in [4.69, 9.17) is 14.2 Å². The maximum absolute atomic E-state index is 12.8. The van der Waals surface area contributed by atoms with E-state index in [2.05, 4.69) is 10.1 Å². The Bertz CT molecular complexity index is 1470. The quantitative estimate of drug-likeness (QED) is 0.573. The number of amides is 1. The van der Waals surface area contributed by atoms with E-state index in [9.17, 15) is 19.5 Å². The fourth-order valence-electron chi connectivity index (χ4n) is 4.26. The second-order valence-electron chi connectivity index (χ2n) is 7.94. The maximum atomic E-state index is 12.8. The van der Waals surface area contributed by atoms with Gasteiger partial charge in [0.05, 0.1) is 24.6 Å². The summed E-state index contributed by atoms with van der Waals surface area (Å²) in [6.07, 6.45) is 0.313. The van der Waals surface area contributed by atoms with Gasteiger partial charge < -0.3 is 19.3 Å². The zero-order valence-corrected chi connectivity index (χ0v) is 19.0. The molecule has 180 valence electrons. The van der Waals surface area contributed by atoms with Crippen LogP contribution >= 0.6 is 0 Å². The monoisotopic (exact) mass is 478 g/mol. The van der Waals surface area contributed by atoms with E-state index < -0.39 is 23.2 Å². The molecule has 0 spiro atoms. The third-order valence-corrected chi connectivity index (χ3v) is 5.95. The van der Waals surface area contributed by atoms with Gasteiger partial charge in [-0.25, -0.2) is 14.4 Å². The number of para-hydroxylation sites is 2. The van der Waals surface area contributed by atoms with Gasteiger partial charge in [0.15, 0.2) is 11.5 Å². The SMILES string of the molecule is CCC(=O)N1N=C(c2c(O)n(-c3ccccc3OC)c(=O)[nH]c2=O)C[C@@H]1c1ccc2c(c1)OCO2. The third-order valence-electron chi connectivity index (χ3n) is 5.95. The lowest BCUT2D eigenvalue weighted by atomic mass is 9.98. The molecule has 0 saturated heterocycles. The van der Waals surface area contributed by atoms with E-state index >= 15 is 0 Å². The van der Waals surface area contributed by atoms with Crippen LogP contribution in [0.2, 0.25) is 0 Å². The van der Waals surface area contributed by atoms with Crippen LogP contribution in [-0.2, 0) is 4.79 Å². The van der Waals surface area contributed by atoms with Gasteiger partial charge in [0, 0.05) is 12.8 Å². The van der Waals surface area contributed by atoms with Crippen LogP contribution in [0.15, 0.2) is 57.2 Å². The number of rotatable bonds is 5. The Balaban J connectivity index is 1.62. The number of nitrogens with zero attached hydrogens (tertiary/aromatic N) is 3. The van der Waals surface area contributed by atoms with Crippen molar-refractivity contribution >= 4 is 11.6 Å². The van der Waals surface area contributed by atoms with Gasteiger partial charge in [-0.05, 0) is 29.8 Å². The van der Waals surface area contributed by atoms with Crippen LogP contribution in [0.4, 0.5) is 0 Å². The van der Waals surface area contributed by atoms with Crippen LogP contribution in [0, 0.1) is 0 Å². The summed E-state index contributed by atoms with van der Waals surface area (Å²) in [4.78, 5) is 40.5. The van der Waals surface area contributed by atoms with E-state index in [1.54, 1.807) is 49.4 Å². The van der Waals surface area contributed by atoms with Crippen molar-refractivity contribution < 1.29 is 24.1 Å². The highest BCUT2D eigenvalue weighted by Gasteiger charge is 2.36. The Morgan fingerprint density at radius 1 is 1.20 bits per heavy atom. The Labute approximate surface area is 198 Å². The Morgan fingerprint density at radius 2 is 1.97 bits per heavy atom. The van der Waals surface area contributed by atoms with Crippen LogP contribution in [0.5, 0.6) is 23.1 Å². The predicted molar refractivity (Wildman–Crippen MR) is 124 cm³/mol. The molecule has 3 heterocycles. The largest absolute Gasteiger partial charge is 0.495 e. The summed E-state index contributed by atoms with van der Waals surface area (Å²) in [5.74, 6) is 0.593. The van der Waals surface area contributed by atoms with Crippen molar-refractivity contribution in [3.8, 4) is 28.8 Å². The molecule has 0 saturated carbocycles. The molecular weight excluding hydrogens is 456 g/mol. The summed E-state index contributed by atoms with van der Waals surface area (Å²) in [5, 5.41) is 16.8. The molecule has 1 atom stereocenters. The van der Waals surface area contributed by atoms with Crippen LogP contribution in [0.1, 0.15) is 36.9 Å². The summed E-state index contributed by atoms with van der Waals surface area (Å²) in [5.41, 5.74) is -0.725. The number of carbonyl (C=O) groups is 1. The smallest absolute Gasteiger partial charge is 0.335 e. The van der Waals surface area contributed by atoms with Gasteiger partial charge in [-0.1, -0.05) is 25.1 Å². The summed E-state index contributed by atoms with van der Waals surface area (Å²) in [7, 11) is 1.43. The van der Waals surface area contributed by atoms with Gasteiger partial charge in [0.1, 0.15) is 11.3 Å². The number of hydrogen-bond donors (Lipinski definition) is 2. The molecule has 3 aromatic rings. The van der Waals surface area contributed by atoms with Crippen molar-refractivity contribution in [3.63, 3.8) is 0 Å². The number of aromatic nitrogens is 2. The number of methoxy groups -OCH3 is 1. The predicted octanol–water partition coefficient (Wildman–Crippen LogP) is 2.06. The lowest BCUT2D eigenvalue weighted by Crippen LogP contribution is -2.33. The number of carbonyl (C=O) groups excluding carboxylic acids is 1. The first-order valence-electron chi connectivity index (χ1n) is 10.9. The summed E-state index contributed by atoms with van der Waals surface area (Å²) in [6.45, 7) is 1.81. The molecule has 11 heteroatoms. The topological polar surface area (TPSA) is 135 Å². The zero-order valence-electron chi connectivity index (χ0n) is 19.0. The van der Waals surface area contributed by atoms with E-state index in [-0.39, 0.29) is 42.5 Å². The highest BCUT2D eigenvalue weighted by molar-refractivity contribution is 6.04. The van der Waals surface area contributed by atoms with Gasteiger partial charge in [0.25, 0.3) is 5.56 Å². The number of hydrogen-bond acceptors (Lipinski definition) is 8. The number of fused-ring (bicyclic) bond motifs is 1. The van der Waals surface area contributed by atoms with Gasteiger partial charge in [-0.2, -0.15) is 5.10 Å². The molecular formula is C24H22N4O7. The van der Waals surface area contributed by atoms with Crippen molar-refractivity contribution in [2.75, 3.05) is 13.9 Å². The normalized spacial score (nSPS) is 16.3. The summed E-state index contributed by atoms with van der Waals surface area (Å²) in [6, 6.07) is 11.3. The minimum absolute atomic E-state index is 0.108. The molecule has 2 aromatic carbocycles. The van der Waals surface area contributed by atoms with Crippen LogP contribution in [0.25, 0.3) is 5.69 Å². The third kappa shape index (κ3) is 3.70. The molecule has 0 radical (unpaired) electrons. The van der Waals surface area contributed by atoms with E-state index in [0.717, 1.165) is 10.1 Å². The highest BCUT2D eigenvalue weighted by atomic mass is 16.7. The van der Waals surface area contributed by atoms with Crippen molar-refractivity contribution in [3.05, 3.63) is 74.4 Å². The fourth-order valence-corrected chi connectivity index (χ4v) is 4.26. The number of hydrazone groups is 1. The summed E-state index contributed by atoms with van der Waals surface area (Å²) >= 11 is 0. The average Bonchev–Trinajstić information content (AvgIpc) is 3.50. The van der Waals surface area contributed by atoms with Gasteiger partial charge >= 0.3 is 5.69 Å². The van der Waals surface area contributed by atoms with Gasteiger partial charge in [0.2, 0.25) is 18.6 Å². The van der Waals surface area contributed by atoms with Crippen LogP contribution < -0.4 is 25.5 Å². The second-order valence-corrected chi connectivity index (χ2v) is 7.94. The molecule has 2 N–H and O–H groups in total. The van der Waals surface area contributed by atoms with Crippen LogP contribution in [-0.4, -0.2) is 45.2 Å². The Morgan fingerprint density at radius 3 is 2.74 bits per heavy atom. The lowest BCUT2D eigenvalue weighted by Gasteiger charge is -2.21. The molecule has 1 aromatic heterocycles. The maximum Gasteiger partial charge on any atom is 0.335 e. The first-order chi connectivity index (χ1) is 16.9. The molecule has 0 unspecified atom stereocenters. The molecule has 2 aliphatic rings. The second kappa shape index (κ2) is 8.67. The van der Waals surface area contributed by atoms with Crippen molar-refractivity contribution in [2.24, 2.45) is 5.10 Å². The number of H-pyrrole nitrogens is 1. The fraction of sp³-hybridized carbons (Fsp3) is 0.250. The minimum atomic E-state index is -0.840. The Kier molecular flexibility index (Phi) is 5.51. The molecule has 35 heavy (non-hydrogen) atoms. The molecule has 1 amide bonds. The molecule has 5 rings (SSSR count). The standard InChI is InChI=1S/C24H22N4O7/c1-3-20(29)28-16(13-8-9-18-19(10-13)35-12-34-18)11-14(26-28)21-22(30)25-24(32)27(23(21)31)15-6-4-5-7-17(15)33-2/h4-10,16,31H,3,11-12H2,1-2H3,(H,25,30,32)/t16-/m1/s1. The molecule has 0 bridgehead atoms. The molecule has 11 nitrogen and oxygen atoms in total. The van der Waals surface area contributed by atoms with Crippen LogP contribution in [0.3, 0.4) is 0 Å². The zero-order chi connectivity index (χ0) is 24.7. The molecule has 0 aliphatic carbocycles. The number of benzene rings is 2. The first kappa shape index (κ1) is 22.3. The van der Waals surface area contributed by atoms with Gasteiger partial charge in [-0.15, -0.1) is 0 Å². The van der Waals surface area contributed by atoms with Gasteiger partial charge in [-0.3, -0.25) is 14.6 Å². The van der Waals surface area contributed by atoms with E-state index in [1.807, 2.05) is 0 Å². The highest BCUT2D eigenvalue weighted by Crippen LogP contribution is 2.40. The Hall–Kier alpha value is -4.54. The van der Waals surface area contributed by atoms with Crippen molar-refractivity contribution in [2.45, 2.75) is 25.8 Å². The van der Waals surface area contributed by atoms with E-state index in [1.165, 1.54) is 12.1 Å². The minimum Gasteiger partial charge on any atom is -0.495 e. The number of ether oxygens (including phenoxy) is 3. The number of aromatic hydroxyl groups is 1. The van der Waals surface area contributed by atoms with Crippen molar-refractivity contribution in [1.82, 2.24) is 14.6 Å². The summed E-state index contributed by atoms with van der Waals surface area (Å²) < 4.78 is 17.1. The average molecular weight is 478 g/mol. The molecule has 0 fully saturated rings. The lowest BCUT2D eigenvalue weighted by molar-refractivity contribution is -0.132. The first-order valence-corrected chi connectivity index (χ1v) is 10.9. The van der Waals surface area contributed by atoms with E-state index in [0.29, 0.717) is 17.2 Å². The number of nitrogens with one attached hydrogen (secondary N) is 1. The number of aromatic amines is 1.